The number of nitrogens with zero attached hydrogens (tertiary/aromatic N) is 1. The summed E-state index contributed by atoms with van der Waals surface area (Å²) >= 11 is 0. The summed E-state index contributed by atoms with van der Waals surface area (Å²) in [6, 6.07) is 30.0. The summed E-state index contributed by atoms with van der Waals surface area (Å²) in [7, 11) is -12.0. The number of hydrogen-bond acceptors (Lipinski definition) is 4. The SMILES string of the molecule is Cc1ccc(S(=O)(=O)N=P(NS(=O)(=O)c2ccc(C)cc2)(c2ccccc2)c2ccccc2)cc1. The van der Waals surface area contributed by atoms with Crippen molar-refractivity contribution in [3.63, 3.8) is 0 Å². The molecule has 0 spiro atoms. The molecule has 0 saturated carbocycles. The van der Waals surface area contributed by atoms with Gasteiger partial charge in [0.2, 0.25) is 10.0 Å². The van der Waals surface area contributed by atoms with Gasteiger partial charge < -0.3 is 0 Å². The lowest BCUT2D eigenvalue weighted by Gasteiger charge is -2.26. The summed E-state index contributed by atoms with van der Waals surface area (Å²) in [5.41, 5.74) is 1.80. The van der Waals surface area contributed by atoms with Crippen LogP contribution < -0.4 is 15.1 Å². The second-order valence-corrected chi connectivity index (χ2v) is 14.7. The quantitative estimate of drug-likeness (QED) is 0.354. The molecule has 0 amide bonds. The fraction of sp³-hybridized carbons (Fsp3) is 0.0769. The number of aryl methyl sites for hydroxylation is 2. The highest BCUT2D eigenvalue weighted by Gasteiger charge is 2.34. The first-order chi connectivity index (χ1) is 16.6. The molecule has 0 radical (unpaired) electrons. The Bertz CT molecular complexity index is 1540. The smallest absolute Gasteiger partial charge is 0.207 e. The molecular formula is C26H25N2O4PS2. The second kappa shape index (κ2) is 9.91. The van der Waals surface area contributed by atoms with Gasteiger partial charge in [-0.05, 0) is 38.1 Å². The molecule has 4 aromatic carbocycles. The van der Waals surface area contributed by atoms with Gasteiger partial charge in [0.25, 0.3) is 10.0 Å². The number of benzene rings is 4. The minimum absolute atomic E-state index is 0.00567. The van der Waals surface area contributed by atoms with Crippen molar-refractivity contribution in [2.45, 2.75) is 23.6 Å². The van der Waals surface area contributed by atoms with Gasteiger partial charge in [0.15, 0.2) is 0 Å². The predicted octanol–water partition coefficient (Wildman–Crippen LogP) is 4.74. The summed E-state index contributed by atoms with van der Waals surface area (Å²) < 4.78 is 61.6. The lowest BCUT2D eigenvalue weighted by molar-refractivity contribution is 0.594. The van der Waals surface area contributed by atoms with Crippen molar-refractivity contribution < 1.29 is 16.8 Å². The van der Waals surface area contributed by atoms with Crippen molar-refractivity contribution in [2.75, 3.05) is 0 Å². The van der Waals surface area contributed by atoms with Crippen molar-refractivity contribution in [3.05, 3.63) is 120 Å². The maximum absolute atomic E-state index is 13.6. The van der Waals surface area contributed by atoms with Crippen molar-refractivity contribution in [2.24, 2.45) is 4.15 Å². The summed E-state index contributed by atoms with van der Waals surface area (Å²) in [5, 5.41) is 0.940. The predicted molar refractivity (Wildman–Crippen MR) is 141 cm³/mol. The Morgan fingerprint density at radius 1 is 0.571 bits per heavy atom. The highest BCUT2D eigenvalue weighted by molar-refractivity contribution is 8.03. The minimum Gasteiger partial charge on any atom is -0.207 e. The topological polar surface area (TPSA) is 92.7 Å². The van der Waals surface area contributed by atoms with E-state index in [2.05, 4.69) is 8.64 Å². The van der Waals surface area contributed by atoms with Gasteiger partial charge in [-0.1, -0.05) is 96.1 Å². The second-order valence-electron chi connectivity index (χ2n) is 8.08. The molecule has 4 rings (SSSR count). The van der Waals surface area contributed by atoms with Gasteiger partial charge in [-0.3, -0.25) is 0 Å². The molecule has 0 aliphatic carbocycles. The Balaban J connectivity index is 2.04. The molecule has 4 aromatic rings. The van der Waals surface area contributed by atoms with E-state index < -0.39 is 27.3 Å². The van der Waals surface area contributed by atoms with Crippen LogP contribution in [0.4, 0.5) is 0 Å². The standard InChI is InChI=1S/C26H25N2O4PS2/c1-21-13-17-25(18-14-21)34(29,30)27-33(23-9-5-3-6-10-23,24-11-7-4-8-12-24)28-35(31,32)26-19-15-22(2)16-20-26/h3-20,27H,1-2H3. The van der Waals surface area contributed by atoms with Crippen LogP contribution >= 0.6 is 7.21 Å². The van der Waals surface area contributed by atoms with Gasteiger partial charge in [0.05, 0.1) is 9.79 Å². The molecule has 9 heteroatoms. The van der Waals surface area contributed by atoms with Gasteiger partial charge in [-0.2, -0.15) is 17.1 Å². The van der Waals surface area contributed by atoms with Gasteiger partial charge in [-0.25, -0.2) is 8.42 Å². The van der Waals surface area contributed by atoms with Gasteiger partial charge >= 0.3 is 0 Å². The molecule has 0 bridgehead atoms. The van der Waals surface area contributed by atoms with Crippen LogP contribution in [-0.2, 0) is 20.0 Å². The number of nitrogens with one attached hydrogen (secondary N) is 1. The molecule has 35 heavy (non-hydrogen) atoms. The van der Waals surface area contributed by atoms with Crippen molar-refractivity contribution in [1.82, 2.24) is 4.49 Å². The highest BCUT2D eigenvalue weighted by Crippen LogP contribution is 2.46. The molecule has 1 N–H and O–H groups in total. The third kappa shape index (κ3) is 5.46. The van der Waals surface area contributed by atoms with Gasteiger partial charge in [-0.15, -0.1) is 0 Å². The number of sulfonamides is 2. The van der Waals surface area contributed by atoms with E-state index in [1.165, 1.54) is 24.3 Å². The molecule has 180 valence electrons. The largest absolute Gasteiger partial charge is 0.282 e. The first-order valence-electron chi connectivity index (χ1n) is 10.8. The fourth-order valence-electron chi connectivity index (χ4n) is 3.52. The van der Waals surface area contributed by atoms with Gasteiger partial charge in [0.1, 0.15) is 7.21 Å². The minimum atomic E-state index is -4.24. The van der Waals surface area contributed by atoms with E-state index in [1.807, 2.05) is 13.8 Å². The molecule has 0 atom stereocenters. The van der Waals surface area contributed by atoms with Crippen LogP contribution in [0.15, 0.2) is 123 Å². The van der Waals surface area contributed by atoms with E-state index in [1.54, 1.807) is 84.9 Å². The molecule has 0 unspecified atom stereocenters. The molecule has 0 heterocycles. The van der Waals surface area contributed by atoms with Crippen molar-refractivity contribution in [3.8, 4) is 0 Å². The Labute approximate surface area is 206 Å². The van der Waals surface area contributed by atoms with E-state index in [-0.39, 0.29) is 9.79 Å². The van der Waals surface area contributed by atoms with E-state index in [9.17, 15) is 16.8 Å². The average molecular weight is 525 g/mol. The zero-order valence-corrected chi connectivity index (χ0v) is 21.8. The molecule has 0 aliphatic rings. The third-order valence-corrected chi connectivity index (χ3v) is 13.1. The molecule has 6 nitrogen and oxygen atoms in total. The van der Waals surface area contributed by atoms with Crippen molar-refractivity contribution >= 4 is 37.9 Å². The lowest BCUT2D eigenvalue weighted by atomic mass is 10.2. The fourth-order valence-corrected chi connectivity index (χ4v) is 11.5. The maximum atomic E-state index is 13.6. The summed E-state index contributed by atoms with van der Waals surface area (Å²) in [5.74, 6) is 0. The molecule has 0 aliphatic heterocycles. The first kappa shape index (κ1) is 25.1. The lowest BCUT2D eigenvalue weighted by Crippen LogP contribution is -2.33. The monoisotopic (exact) mass is 524 g/mol. The first-order valence-corrected chi connectivity index (χ1v) is 15.5. The Morgan fingerprint density at radius 3 is 1.40 bits per heavy atom. The van der Waals surface area contributed by atoms with E-state index in [0.717, 1.165) is 11.1 Å². The molecule has 0 aromatic heterocycles. The van der Waals surface area contributed by atoms with Crippen LogP contribution in [-0.4, -0.2) is 16.8 Å². The van der Waals surface area contributed by atoms with Crippen LogP contribution in [0.2, 0.25) is 0 Å². The summed E-state index contributed by atoms with van der Waals surface area (Å²) in [6.07, 6.45) is 0. The molecular weight excluding hydrogens is 499 g/mol. The average Bonchev–Trinajstić information content (AvgIpc) is 2.85. The summed E-state index contributed by atoms with van der Waals surface area (Å²) in [6.45, 7) is 3.72. The van der Waals surface area contributed by atoms with Crippen LogP contribution in [0.5, 0.6) is 0 Å². The van der Waals surface area contributed by atoms with Crippen LogP contribution in [0.1, 0.15) is 11.1 Å². The number of hydrogen-bond donors (Lipinski definition) is 1. The zero-order chi connectivity index (χ0) is 25.1. The maximum Gasteiger partial charge on any atom is 0.282 e. The third-order valence-electron chi connectivity index (χ3n) is 5.39. The zero-order valence-electron chi connectivity index (χ0n) is 19.2. The molecule has 0 fully saturated rings. The Kier molecular flexibility index (Phi) is 7.10. The van der Waals surface area contributed by atoms with Gasteiger partial charge in [0, 0.05) is 10.6 Å². The Morgan fingerprint density at radius 2 is 0.971 bits per heavy atom. The Hall–Kier alpha value is -3.03. The van der Waals surface area contributed by atoms with Crippen LogP contribution in [0.25, 0.3) is 0 Å². The number of rotatable bonds is 7. The van der Waals surface area contributed by atoms with E-state index in [4.69, 9.17) is 0 Å². The van der Waals surface area contributed by atoms with E-state index in [0.29, 0.717) is 10.6 Å². The van der Waals surface area contributed by atoms with Crippen LogP contribution in [0.3, 0.4) is 0 Å². The normalized spacial score (nSPS) is 12.3. The summed E-state index contributed by atoms with van der Waals surface area (Å²) in [4.78, 5) is 0.0242. The van der Waals surface area contributed by atoms with Crippen molar-refractivity contribution in [1.29, 1.82) is 0 Å². The molecule has 0 saturated heterocycles. The van der Waals surface area contributed by atoms with E-state index >= 15 is 0 Å². The van der Waals surface area contributed by atoms with Crippen LogP contribution in [0, 0.1) is 13.8 Å². The highest BCUT2D eigenvalue weighted by atomic mass is 32.2.